The molecule has 0 aliphatic heterocycles. The van der Waals surface area contributed by atoms with Gasteiger partial charge in [0.2, 0.25) is 0 Å². The fourth-order valence-electron chi connectivity index (χ4n) is 1.47. The van der Waals surface area contributed by atoms with Gasteiger partial charge in [0.05, 0.1) is 0 Å². The highest BCUT2D eigenvalue weighted by Crippen LogP contribution is 2.20. The average Bonchev–Trinajstić information content (AvgIpc) is 2.77. The van der Waals surface area contributed by atoms with Crippen molar-refractivity contribution >= 4 is 27.5 Å². The summed E-state index contributed by atoms with van der Waals surface area (Å²) in [7, 11) is 0. The minimum Gasteiger partial charge on any atom is -0.465 e. The minimum atomic E-state index is -0.248. The molecular formula is C13H13BrN2O3. The second-order valence-electron chi connectivity index (χ2n) is 4.08. The van der Waals surface area contributed by atoms with Gasteiger partial charge >= 0.3 is 0 Å². The fourth-order valence-corrected chi connectivity index (χ4v) is 1.72. The van der Waals surface area contributed by atoms with Crippen molar-refractivity contribution in [2.75, 3.05) is 11.9 Å². The highest BCUT2D eigenvalue weighted by Gasteiger charge is 2.07. The lowest BCUT2D eigenvalue weighted by Crippen LogP contribution is -2.20. The Kier molecular flexibility index (Phi) is 4.21. The van der Waals surface area contributed by atoms with E-state index in [1.807, 2.05) is 25.1 Å². The maximum Gasteiger partial charge on any atom is 0.262 e. The molecule has 0 fully saturated rings. The lowest BCUT2D eigenvalue weighted by molar-refractivity contribution is -0.118. The molecule has 0 spiro atoms. The van der Waals surface area contributed by atoms with E-state index in [2.05, 4.69) is 26.4 Å². The van der Waals surface area contributed by atoms with Gasteiger partial charge < -0.3 is 14.6 Å². The van der Waals surface area contributed by atoms with Gasteiger partial charge in [-0.05, 0) is 42.8 Å². The number of hydrogen-bond donors (Lipinski definition) is 1. The number of rotatable bonds is 4. The molecule has 5 nitrogen and oxygen atoms in total. The molecule has 0 bridgehead atoms. The van der Waals surface area contributed by atoms with Crippen LogP contribution in [-0.4, -0.2) is 17.7 Å². The number of benzene rings is 1. The Morgan fingerprint density at radius 3 is 2.84 bits per heavy atom. The van der Waals surface area contributed by atoms with Crippen molar-refractivity contribution in [2.45, 2.75) is 13.8 Å². The molecule has 0 aliphatic rings. The van der Waals surface area contributed by atoms with Crippen molar-refractivity contribution in [1.82, 2.24) is 5.16 Å². The fraction of sp³-hybridized carbons (Fsp3) is 0.231. The van der Waals surface area contributed by atoms with E-state index >= 15 is 0 Å². The van der Waals surface area contributed by atoms with Crippen molar-refractivity contribution in [2.24, 2.45) is 0 Å². The molecule has 0 saturated carbocycles. The smallest absolute Gasteiger partial charge is 0.262 e. The monoisotopic (exact) mass is 324 g/mol. The van der Waals surface area contributed by atoms with Crippen molar-refractivity contribution in [3.63, 3.8) is 0 Å². The van der Waals surface area contributed by atoms with Crippen LogP contribution in [0.1, 0.15) is 11.3 Å². The highest BCUT2D eigenvalue weighted by molar-refractivity contribution is 9.10. The standard InChI is InChI=1S/C13H13BrN2O3/c1-8-5-10(3-4-11(8)14)15-12(17)7-18-13-6-9(2)19-16-13/h3-6H,7H2,1-2H3,(H,15,17). The summed E-state index contributed by atoms with van der Waals surface area (Å²) in [6.45, 7) is 3.60. The van der Waals surface area contributed by atoms with Crippen molar-refractivity contribution < 1.29 is 14.1 Å². The van der Waals surface area contributed by atoms with E-state index < -0.39 is 0 Å². The Balaban J connectivity index is 1.88. The van der Waals surface area contributed by atoms with Crippen LogP contribution in [-0.2, 0) is 4.79 Å². The van der Waals surface area contributed by atoms with E-state index in [4.69, 9.17) is 9.26 Å². The lowest BCUT2D eigenvalue weighted by atomic mass is 10.2. The van der Waals surface area contributed by atoms with E-state index in [-0.39, 0.29) is 12.5 Å². The predicted octanol–water partition coefficient (Wildman–Crippen LogP) is 3.07. The number of carbonyl (C=O) groups excluding carboxylic acids is 1. The van der Waals surface area contributed by atoms with Gasteiger partial charge in [-0.3, -0.25) is 4.79 Å². The third kappa shape index (κ3) is 3.82. The Hall–Kier alpha value is -1.82. The molecule has 2 rings (SSSR count). The third-order valence-electron chi connectivity index (χ3n) is 2.40. The van der Waals surface area contributed by atoms with Crippen molar-refractivity contribution in [3.8, 4) is 5.88 Å². The number of aromatic nitrogens is 1. The van der Waals surface area contributed by atoms with Crippen LogP contribution < -0.4 is 10.1 Å². The quantitative estimate of drug-likeness (QED) is 0.938. The predicted molar refractivity (Wildman–Crippen MR) is 74.2 cm³/mol. The minimum absolute atomic E-state index is 0.110. The number of ether oxygens (including phenoxy) is 1. The first-order valence-corrected chi connectivity index (χ1v) is 6.46. The van der Waals surface area contributed by atoms with E-state index in [1.165, 1.54) is 0 Å². The van der Waals surface area contributed by atoms with Crippen LogP contribution in [0.5, 0.6) is 5.88 Å². The third-order valence-corrected chi connectivity index (χ3v) is 3.29. The SMILES string of the molecule is Cc1cc(OCC(=O)Nc2ccc(Br)c(C)c2)no1. The Bertz CT molecular complexity index is 595. The molecule has 2 aromatic rings. The van der Waals surface area contributed by atoms with E-state index in [0.717, 1.165) is 15.7 Å². The van der Waals surface area contributed by atoms with Gasteiger partial charge in [0.15, 0.2) is 6.61 Å². The second kappa shape index (κ2) is 5.88. The first kappa shape index (κ1) is 13.6. The summed E-state index contributed by atoms with van der Waals surface area (Å²) >= 11 is 3.40. The molecule has 0 aliphatic carbocycles. The molecule has 0 atom stereocenters. The largest absolute Gasteiger partial charge is 0.465 e. The van der Waals surface area contributed by atoms with Crippen LogP contribution in [0, 0.1) is 13.8 Å². The summed E-state index contributed by atoms with van der Waals surface area (Å²) in [4.78, 5) is 11.7. The molecule has 100 valence electrons. The molecule has 1 amide bonds. The summed E-state index contributed by atoms with van der Waals surface area (Å²) in [5.74, 6) is 0.695. The number of aryl methyl sites for hydroxylation is 2. The van der Waals surface area contributed by atoms with Crippen LogP contribution in [0.2, 0.25) is 0 Å². The normalized spacial score (nSPS) is 10.3. The number of amides is 1. The van der Waals surface area contributed by atoms with Gasteiger partial charge in [0, 0.05) is 16.2 Å². The van der Waals surface area contributed by atoms with Gasteiger partial charge in [-0.1, -0.05) is 15.9 Å². The molecule has 0 unspecified atom stereocenters. The number of carbonyl (C=O) groups is 1. The Morgan fingerprint density at radius 2 is 2.21 bits per heavy atom. The Labute approximate surface area is 119 Å². The molecule has 1 N–H and O–H groups in total. The number of hydrogen-bond acceptors (Lipinski definition) is 4. The summed E-state index contributed by atoms with van der Waals surface area (Å²) in [6, 6.07) is 7.20. The zero-order valence-corrected chi connectivity index (χ0v) is 12.2. The highest BCUT2D eigenvalue weighted by atomic mass is 79.9. The number of nitrogens with one attached hydrogen (secondary N) is 1. The van der Waals surface area contributed by atoms with E-state index in [9.17, 15) is 4.79 Å². The maximum atomic E-state index is 11.7. The zero-order valence-electron chi connectivity index (χ0n) is 10.6. The Morgan fingerprint density at radius 1 is 1.42 bits per heavy atom. The molecule has 19 heavy (non-hydrogen) atoms. The summed E-state index contributed by atoms with van der Waals surface area (Å²) in [6.07, 6.45) is 0. The molecule has 0 radical (unpaired) electrons. The number of nitrogens with zero attached hydrogens (tertiary/aromatic N) is 1. The van der Waals surface area contributed by atoms with Crippen LogP contribution in [0.4, 0.5) is 5.69 Å². The molecule has 1 aromatic heterocycles. The maximum absolute atomic E-state index is 11.7. The van der Waals surface area contributed by atoms with E-state index in [0.29, 0.717) is 11.6 Å². The van der Waals surface area contributed by atoms with Gasteiger partial charge in [-0.2, -0.15) is 0 Å². The number of halogens is 1. The molecule has 1 heterocycles. The van der Waals surface area contributed by atoms with Crippen LogP contribution in [0.3, 0.4) is 0 Å². The van der Waals surface area contributed by atoms with Gasteiger partial charge in [-0.15, -0.1) is 0 Å². The average molecular weight is 325 g/mol. The summed E-state index contributed by atoms with van der Waals surface area (Å²) in [5.41, 5.74) is 1.77. The molecule has 6 heteroatoms. The van der Waals surface area contributed by atoms with Crippen LogP contribution in [0.15, 0.2) is 33.3 Å². The van der Waals surface area contributed by atoms with Crippen LogP contribution >= 0.6 is 15.9 Å². The molecular weight excluding hydrogens is 312 g/mol. The number of anilines is 1. The molecule has 1 aromatic carbocycles. The van der Waals surface area contributed by atoms with Gasteiger partial charge in [0.1, 0.15) is 5.76 Å². The van der Waals surface area contributed by atoms with Crippen molar-refractivity contribution in [1.29, 1.82) is 0 Å². The topological polar surface area (TPSA) is 64.4 Å². The van der Waals surface area contributed by atoms with Crippen LogP contribution in [0.25, 0.3) is 0 Å². The zero-order chi connectivity index (χ0) is 13.8. The summed E-state index contributed by atoms with van der Waals surface area (Å²) in [5, 5.41) is 6.38. The van der Waals surface area contributed by atoms with Gasteiger partial charge in [-0.25, -0.2) is 0 Å². The summed E-state index contributed by atoms with van der Waals surface area (Å²) < 4.78 is 11.0. The van der Waals surface area contributed by atoms with Crippen molar-refractivity contribution in [3.05, 3.63) is 40.1 Å². The second-order valence-corrected chi connectivity index (χ2v) is 4.93. The van der Waals surface area contributed by atoms with Gasteiger partial charge in [0.25, 0.3) is 11.8 Å². The first-order valence-electron chi connectivity index (χ1n) is 5.67. The molecule has 0 saturated heterocycles. The first-order chi connectivity index (χ1) is 9.04. The van der Waals surface area contributed by atoms with E-state index in [1.54, 1.807) is 13.0 Å². The lowest BCUT2D eigenvalue weighted by Gasteiger charge is -2.07.